The van der Waals surface area contributed by atoms with Gasteiger partial charge in [-0.15, -0.1) is 5.10 Å². The Bertz CT molecular complexity index is 1240. The average molecular weight is 430 g/mol. The minimum absolute atomic E-state index is 0.0324. The van der Waals surface area contributed by atoms with Crippen LogP contribution in [0.4, 0.5) is 5.82 Å². The van der Waals surface area contributed by atoms with Gasteiger partial charge in [0.1, 0.15) is 5.69 Å². The van der Waals surface area contributed by atoms with E-state index in [1.807, 2.05) is 56.3 Å². The van der Waals surface area contributed by atoms with Crippen molar-refractivity contribution in [2.45, 2.75) is 26.7 Å². The van der Waals surface area contributed by atoms with Crippen molar-refractivity contribution in [1.29, 1.82) is 0 Å². The molecule has 0 saturated heterocycles. The summed E-state index contributed by atoms with van der Waals surface area (Å²) in [7, 11) is 0. The molecule has 3 N–H and O–H groups in total. The number of nitrogens with two attached hydrogens (primary N) is 1. The first kappa shape index (κ1) is 20.9. The van der Waals surface area contributed by atoms with E-state index in [2.05, 4.69) is 47.9 Å². The van der Waals surface area contributed by atoms with Gasteiger partial charge in [-0.05, 0) is 42.6 Å². The summed E-state index contributed by atoms with van der Waals surface area (Å²) in [6.45, 7) is 3.84. The molecule has 0 radical (unpaired) electrons. The lowest BCUT2D eigenvalue weighted by Crippen LogP contribution is -2.20. The minimum Gasteiger partial charge on any atom is -0.378 e. The number of hydrazone groups is 1. The Morgan fingerprint density at radius 1 is 1.12 bits per heavy atom. The number of hydrogen-bond acceptors (Lipinski definition) is 8. The predicted octanol–water partition coefficient (Wildman–Crippen LogP) is 2.95. The molecule has 32 heavy (non-hydrogen) atoms. The largest absolute Gasteiger partial charge is 0.378 e. The third kappa shape index (κ3) is 4.53. The summed E-state index contributed by atoms with van der Waals surface area (Å²) < 4.78 is 6.02. The Morgan fingerprint density at radius 2 is 1.88 bits per heavy atom. The van der Waals surface area contributed by atoms with Gasteiger partial charge in [-0.1, -0.05) is 65.4 Å². The molecule has 0 aliphatic carbocycles. The number of nitrogens with zero attached hydrogens (tertiary/aromatic N) is 6. The summed E-state index contributed by atoms with van der Waals surface area (Å²) in [4.78, 5) is 12.9. The third-order valence-electron chi connectivity index (χ3n) is 4.87. The summed E-state index contributed by atoms with van der Waals surface area (Å²) in [5.41, 5.74) is 12.7. The maximum Gasteiger partial charge on any atom is 0.294 e. The number of nitrogens with one attached hydrogen (secondary N) is 1. The van der Waals surface area contributed by atoms with E-state index in [4.69, 9.17) is 5.73 Å². The number of benzene rings is 2. The number of carbonyl (C=O) groups is 1. The Balaban J connectivity index is 1.58. The van der Waals surface area contributed by atoms with Crippen LogP contribution in [0.3, 0.4) is 0 Å². The molecule has 1 amide bonds. The molecular formula is C22H22N8O2. The smallest absolute Gasteiger partial charge is 0.294 e. The van der Waals surface area contributed by atoms with E-state index in [9.17, 15) is 4.79 Å². The van der Waals surface area contributed by atoms with E-state index >= 15 is 0 Å². The fourth-order valence-electron chi connectivity index (χ4n) is 3.12. The first-order valence-electron chi connectivity index (χ1n) is 10.0. The number of hydrogen-bond donors (Lipinski definition) is 2. The summed E-state index contributed by atoms with van der Waals surface area (Å²) in [5.74, 6) is -0.319. The zero-order chi connectivity index (χ0) is 22.5. The maximum atomic E-state index is 12.9. The summed E-state index contributed by atoms with van der Waals surface area (Å²) in [6, 6.07) is 17.7. The van der Waals surface area contributed by atoms with E-state index in [-0.39, 0.29) is 17.3 Å². The quantitative estimate of drug-likeness (QED) is 0.340. The van der Waals surface area contributed by atoms with Crippen LogP contribution in [-0.4, -0.2) is 36.9 Å². The fourth-order valence-corrected chi connectivity index (χ4v) is 3.12. The Morgan fingerprint density at radius 3 is 2.56 bits per heavy atom. The van der Waals surface area contributed by atoms with Crippen LogP contribution >= 0.6 is 0 Å². The molecule has 0 atom stereocenters. The highest BCUT2D eigenvalue weighted by Gasteiger charge is 2.25. The van der Waals surface area contributed by atoms with Crippen LogP contribution in [-0.2, 0) is 6.42 Å². The first-order chi connectivity index (χ1) is 15.5. The second-order valence-corrected chi connectivity index (χ2v) is 7.31. The van der Waals surface area contributed by atoms with Gasteiger partial charge in [-0.3, -0.25) is 4.79 Å². The Kier molecular flexibility index (Phi) is 6.02. The molecule has 162 valence electrons. The third-order valence-corrected chi connectivity index (χ3v) is 4.87. The highest BCUT2D eigenvalue weighted by atomic mass is 16.6. The van der Waals surface area contributed by atoms with Gasteiger partial charge in [-0.2, -0.15) is 9.78 Å². The summed E-state index contributed by atoms with van der Waals surface area (Å²) >= 11 is 0. The van der Waals surface area contributed by atoms with Gasteiger partial charge in [0, 0.05) is 11.3 Å². The molecule has 0 fully saturated rings. The molecule has 0 aliphatic rings. The summed E-state index contributed by atoms with van der Waals surface area (Å²) in [5, 5.41) is 19.7. The number of rotatable bonds is 7. The number of anilines is 1. The zero-order valence-electron chi connectivity index (χ0n) is 17.7. The van der Waals surface area contributed by atoms with Crippen molar-refractivity contribution in [3.63, 3.8) is 0 Å². The van der Waals surface area contributed by atoms with Crippen molar-refractivity contribution in [2.24, 2.45) is 5.10 Å². The average Bonchev–Trinajstić information content (AvgIpc) is 3.43. The van der Waals surface area contributed by atoms with Crippen molar-refractivity contribution in [3.05, 3.63) is 71.4 Å². The number of aryl methyl sites for hydroxylation is 2. The molecule has 4 aromatic rings. The zero-order valence-corrected chi connectivity index (χ0v) is 17.7. The van der Waals surface area contributed by atoms with Crippen LogP contribution in [0.2, 0.25) is 0 Å². The van der Waals surface area contributed by atoms with Crippen LogP contribution in [0, 0.1) is 6.92 Å². The van der Waals surface area contributed by atoms with Crippen LogP contribution in [0.15, 0.2) is 64.3 Å². The lowest BCUT2D eigenvalue weighted by atomic mass is 10.1. The van der Waals surface area contributed by atoms with Crippen molar-refractivity contribution in [1.82, 2.24) is 30.7 Å². The van der Waals surface area contributed by atoms with E-state index in [1.54, 1.807) is 0 Å². The SMILES string of the molecule is CC(CCc1ccccc1)=NNC(=O)c1nnn(-c2nonc2N)c1-c1ccc(C)cc1. The molecule has 2 aromatic carbocycles. The van der Waals surface area contributed by atoms with E-state index < -0.39 is 5.91 Å². The van der Waals surface area contributed by atoms with Crippen molar-refractivity contribution >= 4 is 17.4 Å². The van der Waals surface area contributed by atoms with Gasteiger partial charge in [-0.25, -0.2) is 10.1 Å². The predicted molar refractivity (Wildman–Crippen MR) is 119 cm³/mol. The van der Waals surface area contributed by atoms with E-state index in [0.717, 1.165) is 17.7 Å². The normalized spacial score (nSPS) is 11.5. The van der Waals surface area contributed by atoms with Crippen LogP contribution in [0.1, 0.15) is 35.0 Å². The molecule has 0 aliphatic heterocycles. The molecule has 0 spiro atoms. The van der Waals surface area contributed by atoms with Crippen LogP contribution in [0.5, 0.6) is 0 Å². The molecule has 10 nitrogen and oxygen atoms in total. The fraction of sp³-hybridized carbons (Fsp3) is 0.182. The number of aromatic nitrogens is 5. The minimum atomic E-state index is -0.499. The lowest BCUT2D eigenvalue weighted by Gasteiger charge is -2.07. The van der Waals surface area contributed by atoms with Crippen molar-refractivity contribution in [2.75, 3.05) is 5.73 Å². The monoisotopic (exact) mass is 430 g/mol. The molecular weight excluding hydrogens is 408 g/mol. The molecule has 0 unspecified atom stereocenters. The van der Waals surface area contributed by atoms with Gasteiger partial charge in [0.25, 0.3) is 5.91 Å². The first-order valence-corrected chi connectivity index (χ1v) is 10.0. The topological polar surface area (TPSA) is 137 Å². The van der Waals surface area contributed by atoms with Crippen LogP contribution < -0.4 is 11.2 Å². The molecule has 0 saturated carbocycles. The number of nitrogen functional groups attached to an aromatic ring is 1. The summed E-state index contributed by atoms with van der Waals surface area (Å²) in [6.07, 6.45) is 1.54. The second kappa shape index (κ2) is 9.21. The van der Waals surface area contributed by atoms with Crippen molar-refractivity contribution < 1.29 is 9.42 Å². The molecule has 2 aromatic heterocycles. The number of amides is 1. The molecule has 2 heterocycles. The molecule has 4 rings (SSSR count). The van der Waals surface area contributed by atoms with Crippen molar-refractivity contribution in [3.8, 4) is 17.1 Å². The lowest BCUT2D eigenvalue weighted by molar-refractivity contribution is 0.0950. The van der Waals surface area contributed by atoms with E-state index in [1.165, 1.54) is 10.2 Å². The highest BCUT2D eigenvalue weighted by molar-refractivity contribution is 5.99. The maximum absolute atomic E-state index is 12.9. The standard InChI is InChI=1S/C22H22N8O2/c1-14-8-12-17(13-9-14)19-18(25-29-30(19)21-20(23)27-32-28-21)22(31)26-24-15(2)10-11-16-6-4-3-5-7-16/h3-9,12-13H,10-11H2,1-2H3,(H2,23,27)(H,26,31). The van der Waals surface area contributed by atoms with E-state index in [0.29, 0.717) is 17.7 Å². The van der Waals surface area contributed by atoms with Gasteiger partial charge in [0.05, 0.1) is 0 Å². The Labute approximate surface area is 184 Å². The van der Waals surface area contributed by atoms with Crippen LogP contribution in [0.25, 0.3) is 17.1 Å². The van der Waals surface area contributed by atoms with Gasteiger partial charge in [0.15, 0.2) is 5.69 Å². The second-order valence-electron chi connectivity index (χ2n) is 7.31. The Hall–Kier alpha value is -4.34. The van der Waals surface area contributed by atoms with Gasteiger partial charge in [0.2, 0.25) is 11.6 Å². The number of carbonyl (C=O) groups excluding carboxylic acids is 1. The molecule has 0 bridgehead atoms. The van der Waals surface area contributed by atoms with Gasteiger partial charge >= 0.3 is 0 Å². The highest BCUT2D eigenvalue weighted by Crippen LogP contribution is 2.26. The molecule has 10 heteroatoms. The van der Waals surface area contributed by atoms with Gasteiger partial charge < -0.3 is 5.73 Å².